The third kappa shape index (κ3) is 2.75. The van der Waals surface area contributed by atoms with Crippen LogP contribution in [0.2, 0.25) is 0 Å². The van der Waals surface area contributed by atoms with Crippen LogP contribution in [0.4, 0.5) is 5.69 Å². The Hall–Kier alpha value is -0.580. The summed E-state index contributed by atoms with van der Waals surface area (Å²) in [6.07, 6.45) is 1.69. The smallest absolute Gasteiger partial charge is 0.0663 e. The number of ether oxygens (including phenoxy) is 1. The molecule has 0 saturated carbocycles. The number of aliphatic hydroxyl groups is 1. The summed E-state index contributed by atoms with van der Waals surface area (Å²) < 4.78 is 6.38. The molecule has 0 radical (unpaired) electrons. The molecule has 1 aliphatic rings. The Bertz CT molecular complexity index is 333. The number of halogens is 1. The number of aliphatic hydroxyl groups excluding tert-OH is 1. The van der Waals surface area contributed by atoms with E-state index in [1.165, 1.54) is 0 Å². The van der Waals surface area contributed by atoms with Crippen molar-refractivity contribution in [2.45, 2.75) is 18.4 Å². The second kappa shape index (κ2) is 5.17. The topological polar surface area (TPSA) is 41.5 Å². The van der Waals surface area contributed by atoms with Gasteiger partial charge in [-0.2, -0.15) is 0 Å². The van der Waals surface area contributed by atoms with Crippen molar-refractivity contribution in [2.24, 2.45) is 0 Å². The second-order valence-electron chi connectivity index (χ2n) is 4.18. The molecular formula is C12H16BrNO2. The van der Waals surface area contributed by atoms with Gasteiger partial charge in [-0.25, -0.2) is 0 Å². The first-order valence-corrected chi connectivity index (χ1v) is 6.26. The van der Waals surface area contributed by atoms with Crippen LogP contribution in [0.5, 0.6) is 0 Å². The van der Waals surface area contributed by atoms with Crippen LogP contribution in [0.1, 0.15) is 12.8 Å². The first-order chi connectivity index (χ1) is 7.74. The lowest BCUT2D eigenvalue weighted by Crippen LogP contribution is -2.46. The fourth-order valence-electron chi connectivity index (χ4n) is 1.92. The maximum atomic E-state index is 9.53. The van der Waals surface area contributed by atoms with E-state index in [0.717, 1.165) is 23.0 Å². The van der Waals surface area contributed by atoms with E-state index in [-0.39, 0.29) is 12.1 Å². The van der Waals surface area contributed by atoms with Gasteiger partial charge >= 0.3 is 0 Å². The summed E-state index contributed by atoms with van der Waals surface area (Å²) in [6, 6.07) is 8.01. The highest BCUT2D eigenvalue weighted by atomic mass is 79.9. The van der Waals surface area contributed by atoms with Crippen LogP contribution < -0.4 is 5.32 Å². The molecule has 2 rings (SSSR count). The highest BCUT2D eigenvalue weighted by Gasteiger charge is 2.31. The summed E-state index contributed by atoms with van der Waals surface area (Å²) in [6.45, 7) is 1.57. The molecule has 16 heavy (non-hydrogen) atoms. The Labute approximate surface area is 104 Å². The van der Waals surface area contributed by atoms with Crippen LogP contribution in [0, 0.1) is 0 Å². The third-order valence-corrected chi connectivity index (χ3v) is 3.53. The van der Waals surface area contributed by atoms with Crippen molar-refractivity contribution < 1.29 is 9.84 Å². The number of benzene rings is 1. The SMILES string of the molecule is OCC1(Nc2ccc(Br)cc2)CCOCC1. The molecule has 1 aliphatic heterocycles. The molecule has 0 amide bonds. The molecule has 0 unspecified atom stereocenters. The van der Waals surface area contributed by atoms with Gasteiger partial charge in [0.15, 0.2) is 0 Å². The van der Waals surface area contributed by atoms with Crippen molar-refractivity contribution in [3.05, 3.63) is 28.7 Å². The fourth-order valence-corrected chi connectivity index (χ4v) is 2.19. The molecule has 0 spiro atoms. The number of hydrogen-bond donors (Lipinski definition) is 2. The Morgan fingerprint density at radius 3 is 2.44 bits per heavy atom. The fraction of sp³-hybridized carbons (Fsp3) is 0.500. The van der Waals surface area contributed by atoms with Gasteiger partial charge in [0, 0.05) is 23.4 Å². The molecule has 2 N–H and O–H groups in total. The van der Waals surface area contributed by atoms with Gasteiger partial charge in [0.25, 0.3) is 0 Å². The lowest BCUT2D eigenvalue weighted by Gasteiger charge is -2.37. The zero-order chi connectivity index (χ0) is 11.4. The molecule has 1 heterocycles. The van der Waals surface area contributed by atoms with Crippen molar-refractivity contribution in [1.82, 2.24) is 0 Å². The molecular weight excluding hydrogens is 270 g/mol. The summed E-state index contributed by atoms with van der Waals surface area (Å²) in [5, 5.41) is 13.0. The van der Waals surface area contributed by atoms with E-state index < -0.39 is 0 Å². The summed E-state index contributed by atoms with van der Waals surface area (Å²) in [7, 11) is 0. The van der Waals surface area contributed by atoms with Crippen molar-refractivity contribution in [1.29, 1.82) is 0 Å². The molecule has 88 valence electrons. The Morgan fingerprint density at radius 1 is 1.25 bits per heavy atom. The van der Waals surface area contributed by atoms with E-state index in [1.54, 1.807) is 0 Å². The Kier molecular flexibility index (Phi) is 3.84. The van der Waals surface area contributed by atoms with E-state index in [0.29, 0.717) is 13.2 Å². The first-order valence-electron chi connectivity index (χ1n) is 5.46. The average Bonchev–Trinajstić information content (AvgIpc) is 2.33. The predicted molar refractivity (Wildman–Crippen MR) is 67.6 cm³/mol. The lowest BCUT2D eigenvalue weighted by atomic mass is 9.90. The zero-order valence-corrected chi connectivity index (χ0v) is 10.7. The molecule has 1 saturated heterocycles. The van der Waals surface area contributed by atoms with Gasteiger partial charge in [-0.3, -0.25) is 0 Å². The van der Waals surface area contributed by atoms with Gasteiger partial charge in [-0.15, -0.1) is 0 Å². The standard InChI is InChI=1S/C12H16BrNO2/c13-10-1-3-11(4-2-10)14-12(9-15)5-7-16-8-6-12/h1-4,14-15H,5-9H2. The van der Waals surface area contributed by atoms with Gasteiger partial charge in [0.2, 0.25) is 0 Å². The minimum absolute atomic E-state index is 0.145. The van der Waals surface area contributed by atoms with Crippen molar-refractivity contribution >= 4 is 21.6 Å². The quantitative estimate of drug-likeness (QED) is 0.896. The normalized spacial score (nSPS) is 19.4. The molecule has 1 aromatic rings. The van der Waals surface area contributed by atoms with Crippen molar-refractivity contribution in [3.63, 3.8) is 0 Å². The molecule has 1 aromatic carbocycles. The minimum Gasteiger partial charge on any atom is -0.394 e. The largest absolute Gasteiger partial charge is 0.394 e. The van der Waals surface area contributed by atoms with E-state index >= 15 is 0 Å². The van der Waals surface area contributed by atoms with Gasteiger partial charge < -0.3 is 15.2 Å². The summed E-state index contributed by atoms with van der Waals surface area (Å²) in [5.41, 5.74) is 0.825. The summed E-state index contributed by atoms with van der Waals surface area (Å²) in [5.74, 6) is 0. The van der Waals surface area contributed by atoms with Crippen LogP contribution >= 0.6 is 15.9 Å². The van der Waals surface area contributed by atoms with E-state index in [2.05, 4.69) is 21.2 Å². The van der Waals surface area contributed by atoms with Crippen LogP contribution in [-0.2, 0) is 4.74 Å². The average molecular weight is 286 g/mol. The summed E-state index contributed by atoms with van der Waals surface area (Å²) in [4.78, 5) is 0. The van der Waals surface area contributed by atoms with Crippen molar-refractivity contribution in [3.8, 4) is 0 Å². The predicted octanol–water partition coefficient (Wildman–Crippen LogP) is 2.40. The molecule has 0 bridgehead atoms. The highest BCUT2D eigenvalue weighted by molar-refractivity contribution is 9.10. The molecule has 3 nitrogen and oxygen atoms in total. The monoisotopic (exact) mass is 285 g/mol. The first kappa shape index (κ1) is 11.9. The number of hydrogen-bond acceptors (Lipinski definition) is 3. The van der Waals surface area contributed by atoms with Gasteiger partial charge in [-0.05, 0) is 37.1 Å². The van der Waals surface area contributed by atoms with Gasteiger partial charge in [-0.1, -0.05) is 15.9 Å². The molecule has 4 heteroatoms. The molecule has 1 fully saturated rings. The molecule has 0 aromatic heterocycles. The number of anilines is 1. The van der Waals surface area contributed by atoms with Crippen LogP contribution in [0.15, 0.2) is 28.7 Å². The number of rotatable bonds is 3. The van der Waals surface area contributed by atoms with E-state index in [4.69, 9.17) is 4.74 Å². The third-order valence-electron chi connectivity index (χ3n) is 3.01. The van der Waals surface area contributed by atoms with Crippen LogP contribution in [0.25, 0.3) is 0 Å². The van der Waals surface area contributed by atoms with E-state index in [9.17, 15) is 5.11 Å². The van der Waals surface area contributed by atoms with Crippen molar-refractivity contribution in [2.75, 3.05) is 25.1 Å². The maximum Gasteiger partial charge on any atom is 0.0663 e. The molecule has 0 atom stereocenters. The van der Waals surface area contributed by atoms with E-state index in [1.807, 2.05) is 24.3 Å². The van der Waals surface area contributed by atoms with Gasteiger partial charge in [0.05, 0.1) is 12.1 Å². The minimum atomic E-state index is -0.216. The Balaban J connectivity index is 2.08. The van der Waals surface area contributed by atoms with Crippen LogP contribution in [-0.4, -0.2) is 30.5 Å². The van der Waals surface area contributed by atoms with Crippen LogP contribution in [0.3, 0.4) is 0 Å². The highest BCUT2D eigenvalue weighted by Crippen LogP contribution is 2.26. The summed E-state index contributed by atoms with van der Waals surface area (Å²) >= 11 is 3.40. The molecule has 0 aliphatic carbocycles. The maximum absolute atomic E-state index is 9.53. The number of nitrogens with one attached hydrogen (secondary N) is 1. The Morgan fingerprint density at radius 2 is 1.88 bits per heavy atom. The van der Waals surface area contributed by atoms with Gasteiger partial charge in [0.1, 0.15) is 0 Å². The zero-order valence-electron chi connectivity index (χ0n) is 9.08. The lowest BCUT2D eigenvalue weighted by molar-refractivity contribution is 0.0380. The second-order valence-corrected chi connectivity index (χ2v) is 5.10.